The maximum atomic E-state index is 12.3. The summed E-state index contributed by atoms with van der Waals surface area (Å²) < 4.78 is 5.29. The first kappa shape index (κ1) is 15.2. The molecular formula is C16H20N6O2. The van der Waals surface area contributed by atoms with Crippen molar-refractivity contribution < 1.29 is 9.32 Å². The van der Waals surface area contributed by atoms with Gasteiger partial charge in [0.05, 0.1) is 6.54 Å². The summed E-state index contributed by atoms with van der Waals surface area (Å²) in [6.07, 6.45) is 7.18. The lowest BCUT2D eigenvalue weighted by Gasteiger charge is -2.30. The van der Waals surface area contributed by atoms with E-state index in [0.717, 1.165) is 50.5 Å². The standard InChI is InChI=1S/C16H20N6O2/c23-14(20-16-17-6-1-7-18-16)11-4-8-22(9-5-11)10-13-19-15(24-21-13)12-2-3-12/h1,6-7,11-12H,2-5,8-10H2,(H,17,18,20,23). The largest absolute Gasteiger partial charge is 0.339 e. The predicted octanol–water partition coefficient (Wildman–Crippen LogP) is 1.59. The van der Waals surface area contributed by atoms with Crippen molar-refractivity contribution >= 4 is 11.9 Å². The van der Waals surface area contributed by atoms with Crippen molar-refractivity contribution in [2.45, 2.75) is 38.1 Å². The fourth-order valence-electron chi connectivity index (χ4n) is 2.96. The molecule has 1 amide bonds. The van der Waals surface area contributed by atoms with Gasteiger partial charge in [0, 0.05) is 24.2 Å². The van der Waals surface area contributed by atoms with Crippen LogP contribution in [-0.4, -0.2) is 44.0 Å². The van der Waals surface area contributed by atoms with Crippen LogP contribution in [-0.2, 0) is 11.3 Å². The number of carbonyl (C=O) groups excluding carboxylic acids is 1. The molecule has 0 aromatic carbocycles. The molecule has 8 heteroatoms. The van der Waals surface area contributed by atoms with E-state index in [1.807, 2.05) is 0 Å². The highest BCUT2D eigenvalue weighted by atomic mass is 16.5. The van der Waals surface area contributed by atoms with Gasteiger partial charge in [-0.2, -0.15) is 4.98 Å². The number of likely N-dealkylation sites (tertiary alicyclic amines) is 1. The van der Waals surface area contributed by atoms with Gasteiger partial charge in [0.25, 0.3) is 0 Å². The molecule has 4 rings (SSSR count). The Balaban J connectivity index is 1.26. The number of piperidine rings is 1. The first-order valence-corrected chi connectivity index (χ1v) is 8.40. The highest BCUT2D eigenvalue weighted by Crippen LogP contribution is 2.38. The third-order valence-corrected chi connectivity index (χ3v) is 4.53. The van der Waals surface area contributed by atoms with Gasteiger partial charge < -0.3 is 4.52 Å². The summed E-state index contributed by atoms with van der Waals surface area (Å²) in [4.78, 5) is 27.0. The average Bonchev–Trinajstić information content (AvgIpc) is 3.36. The maximum absolute atomic E-state index is 12.3. The third kappa shape index (κ3) is 3.59. The van der Waals surface area contributed by atoms with Crippen LogP contribution in [0.25, 0.3) is 0 Å². The molecular weight excluding hydrogens is 308 g/mol. The highest BCUT2D eigenvalue weighted by Gasteiger charge is 2.30. The second-order valence-electron chi connectivity index (χ2n) is 6.44. The number of rotatable bonds is 5. The molecule has 1 saturated heterocycles. The van der Waals surface area contributed by atoms with Crippen LogP contribution in [0.15, 0.2) is 23.0 Å². The van der Waals surface area contributed by atoms with Gasteiger partial charge in [0.2, 0.25) is 17.7 Å². The van der Waals surface area contributed by atoms with E-state index in [9.17, 15) is 4.79 Å². The van der Waals surface area contributed by atoms with Crippen LogP contribution in [0.1, 0.15) is 43.3 Å². The van der Waals surface area contributed by atoms with Crippen molar-refractivity contribution in [1.29, 1.82) is 0 Å². The van der Waals surface area contributed by atoms with Crippen LogP contribution >= 0.6 is 0 Å². The van der Waals surface area contributed by atoms with E-state index in [0.29, 0.717) is 18.4 Å². The number of nitrogens with one attached hydrogen (secondary N) is 1. The smallest absolute Gasteiger partial charge is 0.229 e. The minimum atomic E-state index is -0.00330. The molecule has 2 aromatic heterocycles. The molecule has 0 radical (unpaired) electrons. The first-order chi connectivity index (χ1) is 11.8. The second-order valence-corrected chi connectivity index (χ2v) is 6.44. The molecule has 1 N–H and O–H groups in total. The average molecular weight is 328 g/mol. The quantitative estimate of drug-likeness (QED) is 0.890. The van der Waals surface area contributed by atoms with Crippen LogP contribution in [0.4, 0.5) is 5.95 Å². The zero-order chi connectivity index (χ0) is 16.4. The molecule has 0 atom stereocenters. The van der Waals surface area contributed by atoms with Gasteiger partial charge in [-0.25, -0.2) is 9.97 Å². The number of nitrogens with zero attached hydrogens (tertiary/aromatic N) is 5. The van der Waals surface area contributed by atoms with Crippen molar-refractivity contribution in [2.75, 3.05) is 18.4 Å². The molecule has 1 saturated carbocycles. The van der Waals surface area contributed by atoms with E-state index < -0.39 is 0 Å². The van der Waals surface area contributed by atoms with E-state index >= 15 is 0 Å². The monoisotopic (exact) mass is 328 g/mol. The Bertz CT molecular complexity index is 692. The Kier molecular flexibility index (Phi) is 4.20. The van der Waals surface area contributed by atoms with Crippen LogP contribution in [0.2, 0.25) is 0 Å². The summed E-state index contributed by atoms with van der Waals surface area (Å²) in [5.41, 5.74) is 0. The molecule has 2 fully saturated rings. The molecule has 2 aliphatic rings. The molecule has 2 aromatic rings. The highest BCUT2D eigenvalue weighted by molar-refractivity contribution is 5.90. The van der Waals surface area contributed by atoms with Crippen LogP contribution < -0.4 is 5.32 Å². The lowest BCUT2D eigenvalue weighted by atomic mass is 9.96. The Hall–Kier alpha value is -2.35. The lowest BCUT2D eigenvalue weighted by molar-refractivity contribution is -0.121. The first-order valence-electron chi connectivity index (χ1n) is 8.40. The fraction of sp³-hybridized carbons (Fsp3) is 0.562. The summed E-state index contributed by atoms with van der Waals surface area (Å²) in [6, 6.07) is 1.72. The third-order valence-electron chi connectivity index (χ3n) is 4.53. The van der Waals surface area contributed by atoms with Gasteiger partial charge in [-0.05, 0) is 44.8 Å². The Morgan fingerprint density at radius 2 is 1.96 bits per heavy atom. The van der Waals surface area contributed by atoms with E-state index in [1.165, 1.54) is 0 Å². The van der Waals surface area contributed by atoms with E-state index in [4.69, 9.17) is 4.52 Å². The van der Waals surface area contributed by atoms with Gasteiger partial charge >= 0.3 is 0 Å². The van der Waals surface area contributed by atoms with Crippen LogP contribution in [0.3, 0.4) is 0 Å². The fourth-order valence-corrected chi connectivity index (χ4v) is 2.96. The molecule has 3 heterocycles. The zero-order valence-corrected chi connectivity index (χ0v) is 13.4. The van der Waals surface area contributed by atoms with Crippen LogP contribution in [0.5, 0.6) is 0 Å². The number of amides is 1. The van der Waals surface area contributed by atoms with E-state index in [1.54, 1.807) is 18.5 Å². The van der Waals surface area contributed by atoms with Crippen molar-refractivity contribution in [3.8, 4) is 0 Å². The zero-order valence-electron chi connectivity index (χ0n) is 13.4. The molecule has 0 bridgehead atoms. The summed E-state index contributed by atoms with van der Waals surface area (Å²) in [7, 11) is 0. The van der Waals surface area contributed by atoms with Gasteiger partial charge in [-0.1, -0.05) is 5.16 Å². The Labute approximate surface area is 139 Å². The molecule has 8 nitrogen and oxygen atoms in total. The molecule has 126 valence electrons. The van der Waals surface area contributed by atoms with E-state index in [-0.39, 0.29) is 11.8 Å². The molecule has 24 heavy (non-hydrogen) atoms. The summed E-state index contributed by atoms with van der Waals surface area (Å²) in [5, 5.41) is 6.84. The summed E-state index contributed by atoms with van der Waals surface area (Å²) >= 11 is 0. The normalized spacial score (nSPS) is 19.3. The molecule has 0 spiro atoms. The summed E-state index contributed by atoms with van der Waals surface area (Å²) in [5.74, 6) is 2.37. The lowest BCUT2D eigenvalue weighted by Crippen LogP contribution is -2.38. The van der Waals surface area contributed by atoms with Crippen molar-refractivity contribution in [2.24, 2.45) is 5.92 Å². The van der Waals surface area contributed by atoms with Crippen LogP contribution in [0, 0.1) is 5.92 Å². The minimum absolute atomic E-state index is 0.00245. The van der Waals surface area contributed by atoms with Gasteiger partial charge in [0.15, 0.2) is 5.82 Å². The van der Waals surface area contributed by atoms with Gasteiger partial charge in [-0.15, -0.1) is 0 Å². The molecule has 1 aliphatic carbocycles. The van der Waals surface area contributed by atoms with Crippen molar-refractivity contribution in [3.05, 3.63) is 30.2 Å². The number of hydrogen-bond acceptors (Lipinski definition) is 7. The molecule has 1 aliphatic heterocycles. The van der Waals surface area contributed by atoms with Crippen molar-refractivity contribution in [1.82, 2.24) is 25.0 Å². The minimum Gasteiger partial charge on any atom is -0.339 e. The Morgan fingerprint density at radius 3 is 2.67 bits per heavy atom. The SMILES string of the molecule is O=C(Nc1ncccn1)C1CCN(Cc2noc(C3CC3)n2)CC1. The number of aromatic nitrogens is 4. The van der Waals surface area contributed by atoms with Gasteiger partial charge in [-0.3, -0.25) is 15.0 Å². The topological polar surface area (TPSA) is 97.0 Å². The predicted molar refractivity (Wildman–Crippen MR) is 84.9 cm³/mol. The van der Waals surface area contributed by atoms with E-state index in [2.05, 4.69) is 30.3 Å². The number of anilines is 1. The Morgan fingerprint density at radius 1 is 1.21 bits per heavy atom. The number of hydrogen-bond donors (Lipinski definition) is 1. The van der Waals surface area contributed by atoms with Gasteiger partial charge in [0.1, 0.15) is 0 Å². The summed E-state index contributed by atoms with van der Waals surface area (Å²) in [6.45, 7) is 2.38. The second kappa shape index (κ2) is 6.64. The van der Waals surface area contributed by atoms with Crippen molar-refractivity contribution in [3.63, 3.8) is 0 Å². The molecule has 0 unspecified atom stereocenters. The number of carbonyl (C=O) groups is 1. The maximum Gasteiger partial charge on any atom is 0.229 e.